The molecule has 0 aromatic rings. The Morgan fingerprint density at radius 2 is 2.22 bits per heavy atom. The number of rotatable bonds is 3. The minimum Gasteiger partial charge on any atom is -0.378 e. The first-order chi connectivity index (χ1) is 4.33. The molecule has 0 atom stereocenters. The summed E-state index contributed by atoms with van der Waals surface area (Å²) in [4.78, 5) is 0.715. The van der Waals surface area contributed by atoms with E-state index in [4.69, 9.17) is 4.74 Å². The molecule has 2 heteroatoms. The molecule has 1 saturated carbocycles. The standard InChI is InChI=1S/C7H12BrO/c1-2-3-9-7-4-6(8)5-7/h6-7H,1-5H2. The minimum atomic E-state index is 0.524. The summed E-state index contributed by atoms with van der Waals surface area (Å²) in [5.74, 6) is 0. The Kier molecular flexibility index (Phi) is 2.99. The Morgan fingerprint density at radius 3 is 2.67 bits per heavy atom. The van der Waals surface area contributed by atoms with E-state index in [1.807, 2.05) is 0 Å². The normalized spacial score (nSPS) is 34.0. The van der Waals surface area contributed by atoms with Crippen LogP contribution in [0, 0.1) is 6.92 Å². The van der Waals surface area contributed by atoms with Gasteiger partial charge in [-0.2, -0.15) is 0 Å². The maximum Gasteiger partial charge on any atom is 0.0596 e. The third-order valence-electron chi connectivity index (χ3n) is 1.54. The molecule has 0 unspecified atom stereocenters. The van der Waals surface area contributed by atoms with Crippen LogP contribution in [0.3, 0.4) is 0 Å². The van der Waals surface area contributed by atoms with Crippen molar-refractivity contribution in [3.63, 3.8) is 0 Å². The lowest BCUT2D eigenvalue weighted by molar-refractivity contribution is 0.00971. The van der Waals surface area contributed by atoms with Crippen molar-refractivity contribution in [2.75, 3.05) is 6.61 Å². The summed E-state index contributed by atoms with van der Waals surface area (Å²) in [5, 5.41) is 0. The first-order valence-electron chi connectivity index (χ1n) is 3.38. The number of hydrogen-bond donors (Lipinski definition) is 0. The molecule has 1 aliphatic carbocycles. The highest BCUT2D eigenvalue weighted by molar-refractivity contribution is 9.09. The minimum absolute atomic E-state index is 0.524. The van der Waals surface area contributed by atoms with Crippen LogP contribution in [0.15, 0.2) is 0 Å². The van der Waals surface area contributed by atoms with Gasteiger partial charge in [-0.05, 0) is 19.3 Å². The average molecular weight is 192 g/mol. The van der Waals surface area contributed by atoms with Crippen molar-refractivity contribution in [2.45, 2.75) is 30.2 Å². The second-order valence-electron chi connectivity index (χ2n) is 2.42. The van der Waals surface area contributed by atoms with E-state index in [0.29, 0.717) is 10.9 Å². The van der Waals surface area contributed by atoms with Gasteiger partial charge >= 0.3 is 0 Å². The van der Waals surface area contributed by atoms with Gasteiger partial charge in [0.25, 0.3) is 0 Å². The number of ether oxygens (including phenoxy) is 1. The summed E-state index contributed by atoms with van der Waals surface area (Å²) in [5.41, 5.74) is 0. The molecule has 1 nitrogen and oxygen atoms in total. The fraction of sp³-hybridized carbons (Fsp3) is 0.857. The molecule has 0 spiro atoms. The van der Waals surface area contributed by atoms with Crippen molar-refractivity contribution >= 4 is 15.9 Å². The molecular weight excluding hydrogens is 180 g/mol. The van der Waals surface area contributed by atoms with Crippen molar-refractivity contribution in [3.05, 3.63) is 6.92 Å². The molecule has 0 amide bonds. The van der Waals surface area contributed by atoms with Gasteiger partial charge in [0.2, 0.25) is 0 Å². The highest BCUT2D eigenvalue weighted by atomic mass is 79.9. The molecule has 0 aromatic heterocycles. The zero-order chi connectivity index (χ0) is 6.69. The highest BCUT2D eigenvalue weighted by Crippen LogP contribution is 2.29. The van der Waals surface area contributed by atoms with E-state index in [-0.39, 0.29) is 0 Å². The van der Waals surface area contributed by atoms with E-state index >= 15 is 0 Å². The quantitative estimate of drug-likeness (QED) is 0.622. The molecule has 0 N–H and O–H groups in total. The molecule has 9 heavy (non-hydrogen) atoms. The maximum absolute atomic E-state index is 5.40. The van der Waals surface area contributed by atoms with Crippen LogP contribution >= 0.6 is 15.9 Å². The van der Waals surface area contributed by atoms with Gasteiger partial charge in [0.05, 0.1) is 6.10 Å². The van der Waals surface area contributed by atoms with Crippen LogP contribution in [0.5, 0.6) is 0 Å². The van der Waals surface area contributed by atoms with Gasteiger partial charge < -0.3 is 4.74 Å². The second kappa shape index (κ2) is 3.57. The Bertz CT molecular complexity index is 79.0. The summed E-state index contributed by atoms with van der Waals surface area (Å²) in [6.07, 6.45) is 3.78. The van der Waals surface area contributed by atoms with Gasteiger partial charge in [-0.1, -0.05) is 22.9 Å². The fourth-order valence-electron chi connectivity index (χ4n) is 0.888. The highest BCUT2D eigenvalue weighted by Gasteiger charge is 2.26. The Morgan fingerprint density at radius 1 is 1.56 bits per heavy atom. The molecule has 0 bridgehead atoms. The van der Waals surface area contributed by atoms with E-state index in [9.17, 15) is 0 Å². The van der Waals surface area contributed by atoms with Crippen LogP contribution in [0.4, 0.5) is 0 Å². The molecule has 1 fully saturated rings. The molecule has 0 aromatic carbocycles. The Hall–Kier alpha value is 0.440. The van der Waals surface area contributed by atoms with Gasteiger partial charge in [-0.15, -0.1) is 0 Å². The van der Waals surface area contributed by atoms with E-state index in [0.717, 1.165) is 13.0 Å². The Balaban J connectivity index is 1.91. The van der Waals surface area contributed by atoms with Crippen LogP contribution in [0.1, 0.15) is 19.3 Å². The van der Waals surface area contributed by atoms with Crippen LogP contribution in [-0.2, 0) is 4.74 Å². The molecule has 53 valence electrons. The predicted molar refractivity (Wildman–Crippen MR) is 41.7 cm³/mol. The second-order valence-corrected chi connectivity index (χ2v) is 3.71. The molecule has 0 heterocycles. The largest absolute Gasteiger partial charge is 0.378 e. The first kappa shape index (κ1) is 7.55. The zero-order valence-corrected chi connectivity index (χ0v) is 7.06. The van der Waals surface area contributed by atoms with Crippen molar-refractivity contribution in [2.24, 2.45) is 0 Å². The predicted octanol–water partition coefficient (Wildman–Crippen LogP) is 2.15. The maximum atomic E-state index is 5.40. The van der Waals surface area contributed by atoms with E-state index in [1.54, 1.807) is 0 Å². The summed E-state index contributed by atoms with van der Waals surface area (Å²) >= 11 is 3.50. The SMILES string of the molecule is [CH2]CCOC1CC(Br)C1. The van der Waals surface area contributed by atoms with Gasteiger partial charge in [-0.3, -0.25) is 0 Å². The van der Waals surface area contributed by atoms with Crippen molar-refractivity contribution in [3.8, 4) is 0 Å². The lowest BCUT2D eigenvalue weighted by Crippen LogP contribution is -2.31. The van der Waals surface area contributed by atoms with E-state index in [1.165, 1.54) is 12.8 Å². The molecule has 0 saturated heterocycles. The van der Waals surface area contributed by atoms with Crippen molar-refractivity contribution in [1.29, 1.82) is 0 Å². The van der Waals surface area contributed by atoms with Crippen LogP contribution < -0.4 is 0 Å². The van der Waals surface area contributed by atoms with Crippen LogP contribution in [-0.4, -0.2) is 17.5 Å². The summed E-state index contributed by atoms with van der Waals surface area (Å²) in [6.45, 7) is 4.52. The summed E-state index contributed by atoms with van der Waals surface area (Å²) in [6, 6.07) is 0. The fourth-order valence-corrected chi connectivity index (χ4v) is 1.72. The van der Waals surface area contributed by atoms with E-state index < -0.39 is 0 Å². The lowest BCUT2D eigenvalue weighted by Gasteiger charge is -2.30. The molecule has 1 rings (SSSR count). The smallest absolute Gasteiger partial charge is 0.0596 e. The first-order valence-corrected chi connectivity index (χ1v) is 4.29. The summed E-state index contributed by atoms with van der Waals surface area (Å²) in [7, 11) is 0. The molecule has 0 aliphatic heterocycles. The topological polar surface area (TPSA) is 9.23 Å². The van der Waals surface area contributed by atoms with Gasteiger partial charge in [0.15, 0.2) is 0 Å². The number of halogens is 1. The molecule has 1 radical (unpaired) electrons. The number of hydrogen-bond acceptors (Lipinski definition) is 1. The van der Waals surface area contributed by atoms with Gasteiger partial charge in [-0.25, -0.2) is 0 Å². The van der Waals surface area contributed by atoms with Crippen LogP contribution in [0.25, 0.3) is 0 Å². The van der Waals surface area contributed by atoms with Crippen LogP contribution in [0.2, 0.25) is 0 Å². The van der Waals surface area contributed by atoms with Gasteiger partial charge in [0.1, 0.15) is 0 Å². The van der Waals surface area contributed by atoms with Gasteiger partial charge in [0, 0.05) is 11.4 Å². The lowest BCUT2D eigenvalue weighted by atomic mass is 9.96. The van der Waals surface area contributed by atoms with E-state index in [2.05, 4.69) is 22.9 Å². The molecular formula is C7H12BrO. The molecule has 1 aliphatic rings. The third kappa shape index (κ3) is 2.26. The monoisotopic (exact) mass is 191 g/mol. The number of alkyl halides is 1. The van der Waals surface area contributed by atoms with Crippen molar-refractivity contribution < 1.29 is 4.74 Å². The summed E-state index contributed by atoms with van der Waals surface area (Å²) < 4.78 is 5.40. The third-order valence-corrected chi connectivity index (χ3v) is 2.28. The zero-order valence-electron chi connectivity index (χ0n) is 5.48. The Labute approximate surface area is 64.9 Å². The average Bonchev–Trinajstić information content (AvgIpc) is 1.78. The van der Waals surface area contributed by atoms with Crippen molar-refractivity contribution in [1.82, 2.24) is 0 Å².